The van der Waals surface area contributed by atoms with Crippen molar-refractivity contribution in [1.82, 2.24) is 0 Å². The molecule has 0 aromatic carbocycles. The Balaban J connectivity index is 1.57. The SMILES string of the molecule is CC(=O)OCC12CCC(C)(C)CC1C1C(=O)C=C3C4(C)CCC(OC(C)=O)C(C)(C)C4CCC3(C)C1(C)CC2. The van der Waals surface area contributed by atoms with Crippen molar-refractivity contribution in [2.75, 3.05) is 6.61 Å². The first-order chi connectivity index (χ1) is 17.9. The molecule has 5 rings (SSSR count). The second-order valence-electron chi connectivity index (χ2n) is 16.3. The maximum Gasteiger partial charge on any atom is 0.302 e. The number of ketones is 1. The van der Waals surface area contributed by atoms with E-state index in [1.807, 2.05) is 0 Å². The summed E-state index contributed by atoms with van der Waals surface area (Å²) in [5.74, 6) is 0.430. The lowest BCUT2D eigenvalue weighted by molar-refractivity contribution is -0.194. The number of carbonyl (C=O) groups excluding carboxylic acids is 3. The Hall–Kier alpha value is -1.65. The van der Waals surface area contributed by atoms with Gasteiger partial charge in [0.1, 0.15) is 6.10 Å². The van der Waals surface area contributed by atoms with Crippen molar-refractivity contribution in [3.8, 4) is 0 Å². The summed E-state index contributed by atoms with van der Waals surface area (Å²) < 4.78 is 11.6. The molecule has 0 aromatic rings. The number of allylic oxidation sites excluding steroid dienone is 2. The molecule has 5 aliphatic carbocycles. The highest BCUT2D eigenvalue weighted by Crippen LogP contribution is 2.75. The van der Waals surface area contributed by atoms with Gasteiger partial charge in [-0.2, -0.15) is 0 Å². The van der Waals surface area contributed by atoms with Crippen LogP contribution in [0, 0.1) is 50.2 Å². The number of hydrogen-bond donors (Lipinski definition) is 0. The number of rotatable bonds is 3. The average Bonchev–Trinajstić information content (AvgIpc) is 2.81. The molecule has 5 nitrogen and oxygen atoms in total. The number of esters is 2. The van der Waals surface area contributed by atoms with E-state index < -0.39 is 0 Å². The molecule has 0 spiro atoms. The van der Waals surface area contributed by atoms with Gasteiger partial charge in [0.2, 0.25) is 0 Å². The summed E-state index contributed by atoms with van der Waals surface area (Å²) in [6.45, 7) is 20.0. The van der Waals surface area contributed by atoms with E-state index in [-0.39, 0.29) is 62.4 Å². The summed E-state index contributed by atoms with van der Waals surface area (Å²) in [6, 6.07) is 0. The van der Waals surface area contributed by atoms with Crippen LogP contribution in [0.2, 0.25) is 0 Å². The first kappa shape index (κ1) is 28.9. The van der Waals surface area contributed by atoms with Crippen molar-refractivity contribution >= 4 is 17.7 Å². The van der Waals surface area contributed by atoms with E-state index in [0.29, 0.717) is 18.3 Å². The van der Waals surface area contributed by atoms with Crippen molar-refractivity contribution < 1.29 is 23.9 Å². The van der Waals surface area contributed by atoms with E-state index in [1.165, 1.54) is 19.4 Å². The highest BCUT2D eigenvalue weighted by molar-refractivity contribution is 5.95. The van der Waals surface area contributed by atoms with Gasteiger partial charge in [-0.1, -0.05) is 54.0 Å². The van der Waals surface area contributed by atoms with Crippen molar-refractivity contribution in [2.24, 2.45) is 50.2 Å². The van der Waals surface area contributed by atoms with Gasteiger partial charge in [0.25, 0.3) is 0 Å². The van der Waals surface area contributed by atoms with E-state index in [4.69, 9.17) is 9.47 Å². The Morgan fingerprint density at radius 1 is 0.872 bits per heavy atom. The molecular weight excluding hydrogens is 488 g/mol. The lowest BCUT2D eigenvalue weighted by Gasteiger charge is -2.70. The summed E-state index contributed by atoms with van der Waals surface area (Å²) in [7, 11) is 0. The fraction of sp³-hybridized carbons (Fsp3) is 0.853. The van der Waals surface area contributed by atoms with Crippen LogP contribution in [-0.2, 0) is 23.9 Å². The lowest BCUT2D eigenvalue weighted by Crippen LogP contribution is -2.66. The van der Waals surface area contributed by atoms with Gasteiger partial charge in [-0.05, 0) is 97.4 Å². The minimum atomic E-state index is -0.219. The zero-order valence-electron chi connectivity index (χ0n) is 26.0. The quantitative estimate of drug-likeness (QED) is 0.348. The molecule has 218 valence electrons. The van der Waals surface area contributed by atoms with Gasteiger partial charge in [0, 0.05) is 30.6 Å². The minimum Gasteiger partial charge on any atom is -0.465 e. The van der Waals surface area contributed by atoms with Gasteiger partial charge in [-0.15, -0.1) is 0 Å². The van der Waals surface area contributed by atoms with Crippen LogP contribution in [0.15, 0.2) is 11.6 Å². The van der Waals surface area contributed by atoms with E-state index in [0.717, 1.165) is 57.8 Å². The monoisotopic (exact) mass is 540 g/mol. The number of ether oxygens (including phenoxy) is 2. The predicted molar refractivity (Wildman–Crippen MR) is 152 cm³/mol. The minimum absolute atomic E-state index is 0.0410. The van der Waals surface area contributed by atoms with Crippen LogP contribution in [0.5, 0.6) is 0 Å². The van der Waals surface area contributed by atoms with Crippen LogP contribution < -0.4 is 0 Å². The van der Waals surface area contributed by atoms with Crippen molar-refractivity contribution in [1.29, 1.82) is 0 Å². The van der Waals surface area contributed by atoms with Gasteiger partial charge >= 0.3 is 11.9 Å². The average molecular weight is 541 g/mol. The summed E-state index contributed by atoms with van der Waals surface area (Å²) >= 11 is 0. The molecule has 0 saturated heterocycles. The van der Waals surface area contributed by atoms with Crippen LogP contribution in [-0.4, -0.2) is 30.4 Å². The molecule has 0 aliphatic heterocycles. The van der Waals surface area contributed by atoms with Gasteiger partial charge in [0.05, 0.1) is 6.61 Å². The van der Waals surface area contributed by atoms with Crippen LogP contribution >= 0.6 is 0 Å². The van der Waals surface area contributed by atoms with E-state index >= 15 is 0 Å². The standard InChI is InChI=1S/C34H52O5/c1-21(35)38-20-34-16-14-29(3,4)19-23(34)28-24(37)18-26-31(7)12-11-27(39-22(2)36)30(5,6)25(31)10-13-32(26,8)33(28,9)15-17-34/h18,23,25,27-28H,10-17,19-20H2,1-9H3. The highest BCUT2D eigenvalue weighted by atomic mass is 16.5. The Bertz CT molecular complexity index is 1100. The Morgan fingerprint density at radius 2 is 1.54 bits per heavy atom. The van der Waals surface area contributed by atoms with Crippen LogP contribution in [0.4, 0.5) is 0 Å². The fourth-order valence-corrected chi connectivity index (χ4v) is 11.0. The highest BCUT2D eigenvalue weighted by Gasteiger charge is 2.70. The Labute approximate surface area is 236 Å². The smallest absolute Gasteiger partial charge is 0.302 e. The second kappa shape index (κ2) is 8.92. The molecule has 0 N–H and O–H groups in total. The largest absolute Gasteiger partial charge is 0.465 e. The molecular formula is C34H52O5. The van der Waals surface area contributed by atoms with Crippen LogP contribution in [0.25, 0.3) is 0 Å². The maximum atomic E-state index is 14.5. The van der Waals surface area contributed by atoms with Crippen molar-refractivity contribution in [3.05, 3.63) is 11.6 Å². The molecule has 4 saturated carbocycles. The Kier molecular flexibility index (Phi) is 6.60. The fourth-order valence-electron chi connectivity index (χ4n) is 11.0. The van der Waals surface area contributed by atoms with Gasteiger partial charge in [-0.3, -0.25) is 14.4 Å². The zero-order valence-corrected chi connectivity index (χ0v) is 26.0. The van der Waals surface area contributed by atoms with Gasteiger partial charge in [-0.25, -0.2) is 0 Å². The molecule has 39 heavy (non-hydrogen) atoms. The summed E-state index contributed by atoms with van der Waals surface area (Å²) in [6.07, 6.45) is 11.1. The first-order valence-corrected chi connectivity index (χ1v) is 15.5. The third kappa shape index (κ3) is 4.09. The third-order valence-electron chi connectivity index (χ3n) is 13.4. The molecule has 8 atom stereocenters. The molecule has 5 aliphatic rings. The third-order valence-corrected chi connectivity index (χ3v) is 13.4. The molecule has 5 heteroatoms. The molecule has 0 aromatic heterocycles. The number of hydrogen-bond acceptors (Lipinski definition) is 5. The topological polar surface area (TPSA) is 69.7 Å². The molecule has 0 amide bonds. The lowest BCUT2D eigenvalue weighted by atomic mass is 9.34. The predicted octanol–water partition coefficient (Wildman–Crippen LogP) is 7.46. The molecule has 0 radical (unpaired) electrons. The van der Waals surface area contributed by atoms with E-state index in [2.05, 4.69) is 54.5 Å². The van der Waals surface area contributed by atoms with Crippen LogP contribution in [0.1, 0.15) is 120 Å². The molecule has 8 unspecified atom stereocenters. The number of carbonyl (C=O) groups is 3. The van der Waals surface area contributed by atoms with Crippen LogP contribution in [0.3, 0.4) is 0 Å². The summed E-state index contributed by atoms with van der Waals surface area (Å²) in [4.78, 5) is 38.3. The van der Waals surface area contributed by atoms with Gasteiger partial charge in [0.15, 0.2) is 5.78 Å². The maximum absolute atomic E-state index is 14.5. The summed E-state index contributed by atoms with van der Waals surface area (Å²) in [5.41, 5.74) is 1.01. The van der Waals surface area contributed by atoms with E-state index in [9.17, 15) is 14.4 Å². The molecule has 0 bridgehead atoms. The molecule has 0 heterocycles. The van der Waals surface area contributed by atoms with Crippen molar-refractivity contribution in [2.45, 2.75) is 126 Å². The van der Waals surface area contributed by atoms with Crippen molar-refractivity contribution in [3.63, 3.8) is 0 Å². The first-order valence-electron chi connectivity index (χ1n) is 15.5. The molecule has 4 fully saturated rings. The number of fused-ring (bicyclic) bond motifs is 7. The zero-order chi connectivity index (χ0) is 28.8. The van der Waals surface area contributed by atoms with E-state index in [1.54, 1.807) is 0 Å². The summed E-state index contributed by atoms with van der Waals surface area (Å²) in [5, 5.41) is 0. The normalized spacial score (nSPS) is 46.0. The second-order valence-corrected chi connectivity index (χ2v) is 16.3. The van der Waals surface area contributed by atoms with Gasteiger partial charge < -0.3 is 9.47 Å². The Morgan fingerprint density at radius 3 is 2.18 bits per heavy atom.